The van der Waals surface area contributed by atoms with Crippen molar-refractivity contribution in [2.45, 2.75) is 37.6 Å². The Morgan fingerprint density at radius 1 is 0.862 bits per heavy atom. The highest BCUT2D eigenvalue weighted by Crippen LogP contribution is 2.37. The number of rotatable bonds is 4. The molecule has 5 unspecified atom stereocenters. The third kappa shape index (κ3) is 4.05. The number of hydrogen-bond donors (Lipinski definition) is 7. The van der Waals surface area contributed by atoms with Gasteiger partial charge >= 0.3 is 0 Å². The van der Waals surface area contributed by atoms with Crippen LogP contribution >= 0.6 is 0 Å². The van der Waals surface area contributed by atoms with E-state index in [1.807, 2.05) is 0 Å². The van der Waals surface area contributed by atoms with Crippen molar-refractivity contribution in [2.24, 2.45) is 0 Å². The summed E-state index contributed by atoms with van der Waals surface area (Å²) in [5.74, 6) is -3.20. The lowest BCUT2D eigenvalue weighted by Gasteiger charge is -2.39. The highest BCUT2D eigenvalue weighted by atomic mass is 16.7. The average molecular weight is 408 g/mol. The van der Waals surface area contributed by atoms with E-state index >= 15 is 0 Å². The van der Waals surface area contributed by atoms with Crippen molar-refractivity contribution in [3.63, 3.8) is 0 Å². The van der Waals surface area contributed by atoms with Crippen LogP contribution in [0.15, 0.2) is 30.3 Å². The van der Waals surface area contributed by atoms with Gasteiger partial charge in [-0.05, 0) is 19.1 Å². The standard InChI is InChI=1S/C19H20O10/c1-7-15(24)17(26)18(27)19(28-7)29-13-6-11(22)5-12(23)14(13)16(25)8-2-9(20)4-10(21)3-8/h2-7,15,17-24,26-27H,1H3. The van der Waals surface area contributed by atoms with Crippen LogP contribution in [0.2, 0.25) is 0 Å². The number of phenolic OH excluding ortho intramolecular Hbond substituents is 4. The van der Waals surface area contributed by atoms with Crippen molar-refractivity contribution in [3.8, 4) is 28.7 Å². The summed E-state index contributed by atoms with van der Waals surface area (Å²) in [7, 11) is 0. The highest BCUT2D eigenvalue weighted by Gasteiger charge is 2.43. The van der Waals surface area contributed by atoms with E-state index in [0.29, 0.717) is 0 Å². The molecule has 156 valence electrons. The fourth-order valence-corrected chi connectivity index (χ4v) is 3.01. The molecule has 0 spiro atoms. The first-order valence-electron chi connectivity index (χ1n) is 8.58. The second kappa shape index (κ2) is 7.76. The van der Waals surface area contributed by atoms with Crippen LogP contribution in [0.25, 0.3) is 0 Å². The Labute approximate surface area is 164 Å². The van der Waals surface area contributed by atoms with E-state index in [1.54, 1.807) is 0 Å². The molecule has 0 radical (unpaired) electrons. The fourth-order valence-electron chi connectivity index (χ4n) is 3.01. The van der Waals surface area contributed by atoms with Gasteiger partial charge < -0.3 is 45.2 Å². The summed E-state index contributed by atoms with van der Waals surface area (Å²) >= 11 is 0. The minimum Gasteiger partial charge on any atom is -0.508 e. The van der Waals surface area contributed by atoms with E-state index < -0.39 is 70.8 Å². The fraction of sp³-hybridized carbons (Fsp3) is 0.316. The van der Waals surface area contributed by atoms with Gasteiger partial charge in [0, 0.05) is 23.8 Å². The van der Waals surface area contributed by atoms with Gasteiger partial charge in [0.25, 0.3) is 0 Å². The molecule has 1 heterocycles. The van der Waals surface area contributed by atoms with Crippen molar-refractivity contribution < 1.29 is 50.0 Å². The molecule has 29 heavy (non-hydrogen) atoms. The molecule has 1 aliphatic heterocycles. The zero-order valence-electron chi connectivity index (χ0n) is 15.1. The molecule has 2 aromatic carbocycles. The Balaban J connectivity index is 2.01. The zero-order valence-corrected chi connectivity index (χ0v) is 15.1. The van der Waals surface area contributed by atoms with Crippen molar-refractivity contribution in [1.29, 1.82) is 0 Å². The van der Waals surface area contributed by atoms with Gasteiger partial charge in [-0.25, -0.2) is 0 Å². The average Bonchev–Trinajstić information content (AvgIpc) is 2.62. The van der Waals surface area contributed by atoms with E-state index in [9.17, 15) is 40.5 Å². The number of phenols is 4. The summed E-state index contributed by atoms with van der Waals surface area (Å²) in [6.45, 7) is 1.43. The Hall–Kier alpha value is -3.05. The van der Waals surface area contributed by atoms with Gasteiger partial charge in [-0.15, -0.1) is 0 Å². The normalized spacial score (nSPS) is 26.8. The third-order valence-electron chi connectivity index (χ3n) is 4.51. The number of aliphatic hydroxyl groups excluding tert-OH is 3. The SMILES string of the molecule is CC1OC(Oc2cc(O)cc(O)c2C(=O)c2cc(O)cc(O)c2)C(O)C(O)C1O. The van der Waals surface area contributed by atoms with Gasteiger partial charge in [-0.1, -0.05) is 0 Å². The number of aromatic hydroxyl groups is 4. The summed E-state index contributed by atoms with van der Waals surface area (Å²) in [6.07, 6.45) is -7.13. The molecule has 1 fully saturated rings. The van der Waals surface area contributed by atoms with Gasteiger partial charge in [0.2, 0.25) is 12.1 Å². The van der Waals surface area contributed by atoms with Gasteiger partial charge in [0.15, 0.2) is 0 Å². The highest BCUT2D eigenvalue weighted by molar-refractivity contribution is 6.13. The summed E-state index contributed by atoms with van der Waals surface area (Å²) in [5, 5.41) is 69.0. The number of ketones is 1. The predicted octanol–water partition coefficient (Wildman–Crippen LogP) is -0.0537. The minimum atomic E-state index is -1.70. The van der Waals surface area contributed by atoms with Gasteiger partial charge in [0.1, 0.15) is 52.6 Å². The van der Waals surface area contributed by atoms with E-state index in [-0.39, 0.29) is 5.56 Å². The second-order valence-corrected chi connectivity index (χ2v) is 6.70. The quantitative estimate of drug-likeness (QED) is 0.339. The predicted molar refractivity (Wildman–Crippen MR) is 96.0 cm³/mol. The molecule has 2 aromatic rings. The molecule has 0 aliphatic carbocycles. The van der Waals surface area contributed by atoms with Crippen LogP contribution in [0.5, 0.6) is 28.7 Å². The smallest absolute Gasteiger partial charge is 0.229 e. The van der Waals surface area contributed by atoms with Crippen molar-refractivity contribution in [2.75, 3.05) is 0 Å². The Morgan fingerprint density at radius 3 is 2.07 bits per heavy atom. The molecule has 5 atom stereocenters. The van der Waals surface area contributed by atoms with Crippen LogP contribution in [0.3, 0.4) is 0 Å². The molecular formula is C19H20O10. The lowest BCUT2D eigenvalue weighted by atomic mass is 9.99. The third-order valence-corrected chi connectivity index (χ3v) is 4.51. The molecule has 0 amide bonds. The topological polar surface area (TPSA) is 177 Å². The van der Waals surface area contributed by atoms with Crippen LogP contribution in [0, 0.1) is 0 Å². The first-order chi connectivity index (χ1) is 13.6. The van der Waals surface area contributed by atoms with Crippen molar-refractivity contribution in [3.05, 3.63) is 41.5 Å². The summed E-state index contributed by atoms with van der Waals surface area (Å²) in [4.78, 5) is 12.9. The first-order valence-corrected chi connectivity index (χ1v) is 8.58. The molecule has 0 aromatic heterocycles. The summed E-state index contributed by atoms with van der Waals surface area (Å²) < 4.78 is 10.8. The first kappa shape index (κ1) is 20.7. The van der Waals surface area contributed by atoms with E-state index in [0.717, 1.165) is 30.3 Å². The largest absolute Gasteiger partial charge is 0.508 e. The summed E-state index contributed by atoms with van der Waals surface area (Å²) in [5.41, 5.74) is -0.640. The van der Waals surface area contributed by atoms with Gasteiger partial charge in [0.05, 0.1) is 6.10 Å². The molecule has 7 N–H and O–H groups in total. The second-order valence-electron chi connectivity index (χ2n) is 6.70. The molecule has 0 saturated carbocycles. The number of carbonyl (C=O) groups is 1. The van der Waals surface area contributed by atoms with Crippen molar-refractivity contribution >= 4 is 5.78 Å². The monoisotopic (exact) mass is 408 g/mol. The number of ether oxygens (including phenoxy) is 2. The van der Waals surface area contributed by atoms with Crippen LogP contribution in [0.4, 0.5) is 0 Å². The minimum absolute atomic E-state index is 0.192. The van der Waals surface area contributed by atoms with Gasteiger partial charge in [-0.2, -0.15) is 0 Å². The number of benzene rings is 2. The number of hydrogen-bond acceptors (Lipinski definition) is 10. The maximum Gasteiger partial charge on any atom is 0.229 e. The van der Waals surface area contributed by atoms with Crippen LogP contribution in [-0.2, 0) is 4.74 Å². The maximum atomic E-state index is 12.9. The van der Waals surface area contributed by atoms with E-state index in [4.69, 9.17) is 9.47 Å². The van der Waals surface area contributed by atoms with E-state index in [1.165, 1.54) is 6.92 Å². The number of carbonyl (C=O) groups excluding carboxylic acids is 1. The van der Waals surface area contributed by atoms with E-state index in [2.05, 4.69) is 0 Å². The molecule has 1 saturated heterocycles. The molecule has 10 nitrogen and oxygen atoms in total. The molecule has 10 heteroatoms. The molecule has 0 bridgehead atoms. The van der Waals surface area contributed by atoms with Crippen molar-refractivity contribution in [1.82, 2.24) is 0 Å². The molecule has 1 aliphatic rings. The lowest BCUT2D eigenvalue weighted by Crippen LogP contribution is -2.58. The summed E-state index contributed by atoms with van der Waals surface area (Å²) in [6, 6.07) is 4.96. The van der Waals surface area contributed by atoms with Gasteiger partial charge in [-0.3, -0.25) is 4.79 Å². The Bertz CT molecular complexity index is 907. The zero-order chi connectivity index (χ0) is 21.5. The molecular weight excluding hydrogens is 388 g/mol. The Morgan fingerprint density at radius 2 is 1.45 bits per heavy atom. The lowest BCUT2D eigenvalue weighted by molar-refractivity contribution is -0.268. The van der Waals surface area contributed by atoms with Crippen LogP contribution in [0.1, 0.15) is 22.8 Å². The Kier molecular flexibility index (Phi) is 5.53. The molecule has 3 rings (SSSR count). The number of aliphatic hydroxyl groups is 3. The van der Waals surface area contributed by atoms with Crippen LogP contribution < -0.4 is 4.74 Å². The maximum absolute atomic E-state index is 12.9. The van der Waals surface area contributed by atoms with Crippen LogP contribution in [-0.4, -0.2) is 72.2 Å².